The molecule has 3 heteroatoms. The number of allylic oxidation sites excluding steroid dienone is 3. The molecule has 0 radical (unpaired) electrons. The van der Waals surface area contributed by atoms with Gasteiger partial charge in [0.2, 0.25) is 0 Å². The van der Waals surface area contributed by atoms with E-state index in [0.29, 0.717) is 0 Å². The van der Waals surface area contributed by atoms with Crippen molar-refractivity contribution in [2.45, 2.75) is 6.42 Å². The van der Waals surface area contributed by atoms with Gasteiger partial charge in [-0.25, -0.2) is 0 Å². The number of nitrogens with one attached hydrogen (secondary N) is 1. The minimum atomic E-state index is 0. The first kappa shape index (κ1) is 11.5. The Morgan fingerprint density at radius 2 is 1.93 bits per heavy atom. The number of benzene rings is 1. The predicted octanol–water partition coefficient (Wildman–Crippen LogP) is 2.68. The topological polar surface area (TPSA) is 24.4 Å². The maximum Gasteiger partial charge on any atom is 0.0474 e. The van der Waals surface area contributed by atoms with Crippen LogP contribution < -0.4 is 5.43 Å². The van der Waals surface area contributed by atoms with E-state index in [9.17, 15) is 0 Å². The van der Waals surface area contributed by atoms with Crippen LogP contribution in [0.4, 0.5) is 0 Å². The van der Waals surface area contributed by atoms with Crippen molar-refractivity contribution in [2.75, 3.05) is 0 Å². The van der Waals surface area contributed by atoms with E-state index in [1.54, 1.807) is 6.21 Å². The molecule has 1 aromatic rings. The van der Waals surface area contributed by atoms with Gasteiger partial charge in [0.05, 0.1) is 0 Å². The quantitative estimate of drug-likeness (QED) is 0.814. The third-order valence-electron chi connectivity index (χ3n) is 2.06. The standard InChI is InChI=1S/C12H12N2.ClH/c1-2-4-11(5-3-1)10-12-6-8-13-14-9-7-12;/h1-9,13H,10H2;1H. The fourth-order valence-electron chi connectivity index (χ4n) is 1.37. The second-order valence-corrected chi connectivity index (χ2v) is 3.14. The van der Waals surface area contributed by atoms with Crippen LogP contribution in [-0.4, -0.2) is 6.21 Å². The van der Waals surface area contributed by atoms with Crippen molar-refractivity contribution >= 4 is 18.6 Å². The van der Waals surface area contributed by atoms with Crippen LogP contribution in [0.15, 0.2) is 59.4 Å². The molecule has 0 aliphatic carbocycles. The van der Waals surface area contributed by atoms with Gasteiger partial charge in [-0.2, -0.15) is 5.10 Å². The van der Waals surface area contributed by atoms with E-state index in [4.69, 9.17) is 0 Å². The molecular weight excluding hydrogens is 208 g/mol. The monoisotopic (exact) mass is 220 g/mol. The van der Waals surface area contributed by atoms with Crippen molar-refractivity contribution in [3.8, 4) is 0 Å². The van der Waals surface area contributed by atoms with E-state index in [2.05, 4.69) is 34.8 Å². The zero-order valence-corrected chi connectivity index (χ0v) is 9.08. The lowest BCUT2D eigenvalue weighted by molar-refractivity contribution is 0.978. The molecule has 0 saturated heterocycles. The normalized spacial score (nSPS) is 13.5. The summed E-state index contributed by atoms with van der Waals surface area (Å²) in [5, 5.41) is 3.92. The molecule has 2 nitrogen and oxygen atoms in total. The van der Waals surface area contributed by atoms with Crippen molar-refractivity contribution in [3.63, 3.8) is 0 Å². The van der Waals surface area contributed by atoms with E-state index >= 15 is 0 Å². The van der Waals surface area contributed by atoms with Gasteiger partial charge < -0.3 is 0 Å². The Balaban J connectivity index is 0.00000112. The summed E-state index contributed by atoms with van der Waals surface area (Å²) in [5.74, 6) is 0. The van der Waals surface area contributed by atoms with Crippen molar-refractivity contribution in [3.05, 3.63) is 59.8 Å². The molecular formula is C12H13ClN2. The summed E-state index contributed by atoms with van der Waals surface area (Å²) in [5.41, 5.74) is 5.37. The lowest BCUT2D eigenvalue weighted by atomic mass is 10.1. The van der Waals surface area contributed by atoms with Gasteiger partial charge in [0.15, 0.2) is 0 Å². The van der Waals surface area contributed by atoms with Gasteiger partial charge in [-0.05, 0) is 29.7 Å². The van der Waals surface area contributed by atoms with Crippen molar-refractivity contribution in [2.24, 2.45) is 5.10 Å². The predicted molar refractivity (Wildman–Crippen MR) is 66.2 cm³/mol. The van der Waals surface area contributed by atoms with Crippen LogP contribution in [0.3, 0.4) is 0 Å². The van der Waals surface area contributed by atoms with Crippen LogP contribution in [0.2, 0.25) is 0 Å². The SMILES string of the molecule is C1=CC(Cc2ccccc2)=CC=NN1.Cl. The van der Waals surface area contributed by atoms with Gasteiger partial charge in [0, 0.05) is 12.4 Å². The Hall–Kier alpha value is -1.54. The second-order valence-electron chi connectivity index (χ2n) is 3.14. The second kappa shape index (κ2) is 6.04. The van der Waals surface area contributed by atoms with E-state index in [0.717, 1.165) is 6.42 Å². The summed E-state index contributed by atoms with van der Waals surface area (Å²) in [4.78, 5) is 0. The molecule has 1 heterocycles. The zero-order valence-electron chi connectivity index (χ0n) is 8.26. The number of halogens is 1. The molecule has 15 heavy (non-hydrogen) atoms. The summed E-state index contributed by atoms with van der Waals surface area (Å²) < 4.78 is 0. The third kappa shape index (κ3) is 3.60. The largest absolute Gasteiger partial charge is 0.286 e. The zero-order chi connectivity index (χ0) is 9.64. The van der Waals surface area contributed by atoms with Gasteiger partial charge in [-0.1, -0.05) is 30.3 Å². The van der Waals surface area contributed by atoms with Crippen LogP contribution >= 0.6 is 12.4 Å². The van der Waals surface area contributed by atoms with Gasteiger partial charge in [-0.15, -0.1) is 12.4 Å². The number of rotatable bonds is 2. The Bertz CT molecular complexity index is 380. The molecule has 1 N–H and O–H groups in total. The molecule has 0 saturated carbocycles. The summed E-state index contributed by atoms with van der Waals surface area (Å²) in [6.07, 6.45) is 8.63. The minimum Gasteiger partial charge on any atom is -0.286 e. The minimum absolute atomic E-state index is 0. The number of hydrogen-bond acceptors (Lipinski definition) is 2. The van der Waals surface area contributed by atoms with Crippen molar-refractivity contribution in [1.82, 2.24) is 5.43 Å². The first-order valence-corrected chi connectivity index (χ1v) is 4.63. The third-order valence-corrected chi connectivity index (χ3v) is 2.06. The van der Waals surface area contributed by atoms with Gasteiger partial charge in [-0.3, -0.25) is 5.43 Å². The molecule has 0 amide bonds. The highest BCUT2D eigenvalue weighted by Crippen LogP contribution is 2.08. The molecule has 1 aromatic carbocycles. The molecule has 78 valence electrons. The fraction of sp³-hybridized carbons (Fsp3) is 0.0833. The van der Waals surface area contributed by atoms with Crippen LogP contribution in [0.1, 0.15) is 5.56 Å². The Kier molecular flexibility index (Phi) is 4.64. The Labute approximate surface area is 95.8 Å². The van der Waals surface area contributed by atoms with Crippen LogP contribution in [0.25, 0.3) is 0 Å². The van der Waals surface area contributed by atoms with E-state index in [-0.39, 0.29) is 12.4 Å². The number of nitrogens with zero attached hydrogens (tertiary/aromatic N) is 1. The molecule has 0 spiro atoms. The average Bonchev–Trinajstić information content (AvgIpc) is 2.48. The summed E-state index contributed by atoms with van der Waals surface area (Å²) >= 11 is 0. The number of hydrazone groups is 1. The molecule has 0 aromatic heterocycles. The summed E-state index contributed by atoms with van der Waals surface area (Å²) in [7, 11) is 0. The van der Waals surface area contributed by atoms with E-state index in [1.165, 1.54) is 11.1 Å². The first-order chi connectivity index (χ1) is 6.95. The highest BCUT2D eigenvalue weighted by Gasteiger charge is 1.95. The van der Waals surface area contributed by atoms with Crippen molar-refractivity contribution in [1.29, 1.82) is 0 Å². The summed E-state index contributed by atoms with van der Waals surface area (Å²) in [6.45, 7) is 0. The average molecular weight is 221 g/mol. The van der Waals surface area contributed by atoms with Crippen LogP contribution in [-0.2, 0) is 6.42 Å². The van der Waals surface area contributed by atoms with Crippen molar-refractivity contribution < 1.29 is 0 Å². The van der Waals surface area contributed by atoms with E-state index < -0.39 is 0 Å². The maximum atomic E-state index is 3.92. The summed E-state index contributed by atoms with van der Waals surface area (Å²) in [6, 6.07) is 10.4. The van der Waals surface area contributed by atoms with Crippen LogP contribution in [0, 0.1) is 0 Å². The lowest BCUT2D eigenvalue weighted by Gasteiger charge is -2.00. The molecule has 1 aliphatic heterocycles. The molecule has 2 rings (SSSR count). The Morgan fingerprint density at radius 3 is 2.73 bits per heavy atom. The lowest BCUT2D eigenvalue weighted by Crippen LogP contribution is -1.90. The van der Waals surface area contributed by atoms with Gasteiger partial charge >= 0.3 is 0 Å². The first-order valence-electron chi connectivity index (χ1n) is 4.63. The molecule has 0 unspecified atom stereocenters. The van der Waals surface area contributed by atoms with Gasteiger partial charge in [0.25, 0.3) is 0 Å². The maximum absolute atomic E-state index is 3.92. The molecule has 1 aliphatic rings. The fourth-order valence-corrected chi connectivity index (χ4v) is 1.37. The number of hydrogen-bond donors (Lipinski definition) is 1. The smallest absolute Gasteiger partial charge is 0.0474 e. The highest BCUT2D eigenvalue weighted by molar-refractivity contribution is 5.85. The molecule has 0 bridgehead atoms. The Morgan fingerprint density at radius 1 is 1.13 bits per heavy atom. The highest BCUT2D eigenvalue weighted by atomic mass is 35.5. The van der Waals surface area contributed by atoms with Crippen LogP contribution in [0.5, 0.6) is 0 Å². The van der Waals surface area contributed by atoms with Gasteiger partial charge in [0.1, 0.15) is 0 Å². The molecule has 0 fully saturated rings. The van der Waals surface area contributed by atoms with E-state index in [1.807, 2.05) is 24.4 Å². The molecule has 0 atom stereocenters.